The van der Waals surface area contributed by atoms with Crippen LogP contribution < -0.4 is 15.4 Å². The minimum absolute atomic E-state index is 0.0467. The van der Waals surface area contributed by atoms with Gasteiger partial charge in [-0.25, -0.2) is 4.79 Å². The van der Waals surface area contributed by atoms with Crippen molar-refractivity contribution in [1.82, 2.24) is 4.98 Å². The van der Waals surface area contributed by atoms with Crippen LogP contribution in [0, 0.1) is 24.0 Å². The van der Waals surface area contributed by atoms with Crippen molar-refractivity contribution < 1.29 is 24.4 Å². The maximum atomic E-state index is 12.5. The summed E-state index contributed by atoms with van der Waals surface area (Å²) in [4.78, 5) is 37.4. The number of nitrogens with one attached hydrogen (secondary N) is 2. The molecule has 1 unspecified atom stereocenters. The molecule has 3 rings (SSSR count). The number of nitrogens with zero attached hydrogens (tertiary/aromatic N) is 2. The van der Waals surface area contributed by atoms with E-state index in [2.05, 4.69) is 15.6 Å². The smallest absolute Gasteiger partial charge is 0.377 e. The number of benzene rings is 1. The van der Waals surface area contributed by atoms with Gasteiger partial charge in [0.2, 0.25) is 4.99 Å². The standard InChI is InChI=1S/C18H18N4O6S/c1-9-7-19-14(10(2)15(9)22(26)27)8-29-18(16(23)17(24)25)20-12-5-4-11(28-3)6-13(12)21-18/h4-7,20-21H,8H2,1-3H3,(H,24,25). The zero-order chi connectivity index (χ0) is 21.3. The third-order valence-electron chi connectivity index (χ3n) is 4.55. The lowest BCUT2D eigenvalue weighted by Gasteiger charge is -2.26. The van der Waals surface area contributed by atoms with Gasteiger partial charge in [0, 0.05) is 29.1 Å². The molecule has 2 aromatic rings. The molecule has 0 radical (unpaired) electrons. The fourth-order valence-electron chi connectivity index (χ4n) is 3.04. The van der Waals surface area contributed by atoms with Gasteiger partial charge in [-0.05, 0) is 26.0 Å². The van der Waals surface area contributed by atoms with Gasteiger partial charge in [0.15, 0.2) is 0 Å². The fraction of sp³-hybridized carbons (Fsp3) is 0.278. The topological polar surface area (TPSA) is 144 Å². The molecule has 1 aliphatic heterocycles. The molecule has 0 spiro atoms. The number of aryl methyl sites for hydroxylation is 1. The van der Waals surface area contributed by atoms with Crippen LogP contribution in [-0.4, -0.2) is 38.9 Å². The van der Waals surface area contributed by atoms with Crippen LogP contribution in [-0.2, 0) is 15.3 Å². The van der Waals surface area contributed by atoms with Crippen LogP contribution in [0.5, 0.6) is 5.75 Å². The molecule has 29 heavy (non-hydrogen) atoms. The number of ketones is 1. The second kappa shape index (κ2) is 7.59. The van der Waals surface area contributed by atoms with Crippen molar-refractivity contribution in [2.24, 2.45) is 0 Å². The number of rotatable bonds is 7. The Balaban J connectivity index is 1.93. The van der Waals surface area contributed by atoms with Crippen molar-refractivity contribution in [3.05, 3.63) is 51.3 Å². The Labute approximate surface area is 169 Å². The number of anilines is 2. The minimum atomic E-state index is -1.69. The van der Waals surface area contributed by atoms with Gasteiger partial charge in [0.1, 0.15) is 5.75 Å². The number of carboxylic acid groups (broad SMARTS) is 1. The molecule has 0 aliphatic carbocycles. The van der Waals surface area contributed by atoms with Gasteiger partial charge in [-0.3, -0.25) is 19.9 Å². The SMILES string of the molecule is COc1ccc2c(c1)NC(SCc1ncc(C)c([N+](=O)[O-])c1C)(C(=O)C(=O)O)N2. The highest BCUT2D eigenvalue weighted by Crippen LogP contribution is 2.43. The number of thioether (sulfide) groups is 1. The van der Waals surface area contributed by atoms with E-state index in [1.54, 1.807) is 32.0 Å². The Morgan fingerprint density at radius 1 is 1.31 bits per heavy atom. The number of aromatic nitrogens is 1. The monoisotopic (exact) mass is 418 g/mol. The second-order valence-electron chi connectivity index (χ2n) is 6.38. The van der Waals surface area contributed by atoms with Gasteiger partial charge in [-0.2, -0.15) is 0 Å². The van der Waals surface area contributed by atoms with Crippen molar-refractivity contribution in [3.63, 3.8) is 0 Å². The van der Waals surface area contributed by atoms with Crippen molar-refractivity contribution in [2.75, 3.05) is 17.7 Å². The lowest BCUT2D eigenvalue weighted by Crippen LogP contribution is -2.50. The van der Waals surface area contributed by atoms with Crippen molar-refractivity contribution in [3.8, 4) is 5.75 Å². The summed E-state index contributed by atoms with van der Waals surface area (Å²) in [5.74, 6) is -2.11. The molecule has 1 atom stereocenters. The number of ether oxygens (including phenoxy) is 1. The maximum Gasteiger partial charge on any atom is 0.377 e. The number of methoxy groups -OCH3 is 1. The summed E-state index contributed by atoms with van der Waals surface area (Å²) in [6.45, 7) is 3.17. The molecule has 0 amide bonds. The molecule has 152 valence electrons. The Bertz CT molecular complexity index is 1030. The first-order valence-corrected chi connectivity index (χ1v) is 9.42. The van der Waals surface area contributed by atoms with Crippen molar-refractivity contribution in [1.29, 1.82) is 0 Å². The number of carbonyl (C=O) groups is 2. The predicted molar refractivity (Wildman–Crippen MR) is 107 cm³/mol. The Kier molecular flexibility index (Phi) is 5.33. The molecule has 1 aliphatic rings. The molecule has 11 heteroatoms. The molecule has 10 nitrogen and oxygen atoms in total. The van der Waals surface area contributed by atoms with E-state index in [-0.39, 0.29) is 11.4 Å². The summed E-state index contributed by atoms with van der Waals surface area (Å²) in [7, 11) is 1.49. The molecule has 3 N–H and O–H groups in total. The van der Waals surface area contributed by atoms with Gasteiger partial charge in [0.05, 0.1) is 29.1 Å². The molecular formula is C18H18N4O6S. The number of hydrogen-bond acceptors (Lipinski definition) is 9. The highest BCUT2D eigenvalue weighted by Gasteiger charge is 2.47. The molecule has 1 aromatic heterocycles. The van der Waals surface area contributed by atoms with Gasteiger partial charge >= 0.3 is 5.97 Å². The lowest BCUT2D eigenvalue weighted by molar-refractivity contribution is -0.386. The first-order chi connectivity index (χ1) is 13.7. The van der Waals surface area contributed by atoms with Gasteiger partial charge in [0.25, 0.3) is 11.5 Å². The molecule has 2 heterocycles. The van der Waals surface area contributed by atoms with E-state index in [4.69, 9.17) is 4.74 Å². The second-order valence-corrected chi connectivity index (χ2v) is 7.57. The van der Waals surface area contributed by atoms with E-state index in [0.29, 0.717) is 33.9 Å². The number of pyridine rings is 1. The Hall–Kier alpha value is -3.34. The summed E-state index contributed by atoms with van der Waals surface area (Å²) in [6, 6.07) is 4.98. The number of nitro groups is 1. The fourth-order valence-corrected chi connectivity index (χ4v) is 4.27. The molecule has 0 bridgehead atoms. The molecule has 0 fully saturated rings. The van der Waals surface area contributed by atoms with Crippen LogP contribution in [0.25, 0.3) is 0 Å². The number of carboxylic acids is 1. The van der Waals surface area contributed by atoms with Crippen LogP contribution in [0.15, 0.2) is 24.4 Å². The average Bonchev–Trinajstić information content (AvgIpc) is 3.05. The van der Waals surface area contributed by atoms with E-state index in [1.807, 2.05) is 0 Å². The Morgan fingerprint density at radius 3 is 2.62 bits per heavy atom. The number of hydrogen-bond donors (Lipinski definition) is 3. The number of carbonyl (C=O) groups excluding carboxylic acids is 1. The molecule has 0 saturated heterocycles. The van der Waals surface area contributed by atoms with Crippen LogP contribution >= 0.6 is 11.8 Å². The largest absolute Gasteiger partial charge is 0.497 e. The molecular weight excluding hydrogens is 400 g/mol. The zero-order valence-corrected chi connectivity index (χ0v) is 16.6. The highest BCUT2D eigenvalue weighted by atomic mass is 32.2. The third kappa shape index (κ3) is 3.68. The summed E-state index contributed by atoms with van der Waals surface area (Å²) in [5.41, 5.74) is 2.18. The number of aliphatic carboxylic acids is 1. The quantitative estimate of drug-likeness (QED) is 0.349. The lowest BCUT2D eigenvalue weighted by atomic mass is 10.1. The predicted octanol–water partition coefficient (Wildman–Crippen LogP) is 2.69. The highest BCUT2D eigenvalue weighted by molar-refractivity contribution is 8.01. The number of Topliss-reactive ketones (excluding diaryl/α,β-unsaturated/α-hetero) is 1. The van der Waals surface area contributed by atoms with E-state index in [1.165, 1.54) is 13.3 Å². The average molecular weight is 418 g/mol. The Morgan fingerprint density at radius 2 is 2.00 bits per heavy atom. The summed E-state index contributed by atoms with van der Waals surface area (Å²) < 4.78 is 5.16. The van der Waals surface area contributed by atoms with Gasteiger partial charge < -0.3 is 20.5 Å². The molecule has 0 saturated carbocycles. The number of fused-ring (bicyclic) bond motifs is 1. The van der Waals surface area contributed by atoms with Crippen LogP contribution in [0.1, 0.15) is 16.8 Å². The normalized spacial score (nSPS) is 17.1. The van der Waals surface area contributed by atoms with E-state index >= 15 is 0 Å². The first kappa shape index (κ1) is 20.4. The van der Waals surface area contributed by atoms with Crippen molar-refractivity contribution in [2.45, 2.75) is 24.6 Å². The van der Waals surface area contributed by atoms with E-state index < -0.39 is 21.7 Å². The van der Waals surface area contributed by atoms with Gasteiger partial charge in [-0.1, -0.05) is 11.8 Å². The van der Waals surface area contributed by atoms with Gasteiger partial charge in [-0.15, -0.1) is 0 Å². The zero-order valence-electron chi connectivity index (χ0n) is 15.8. The summed E-state index contributed by atoms with van der Waals surface area (Å²) in [5, 5.41) is 26.5. The van der Waals surface area contributed by atoms with Crippen LogP contribution in [0.2, 0.25) is 0 Å². The third-order valence-corrected chi connectivity index (χ3v) is 5.79. The minimum Gasteiger partial charge on any atom is -0.497 e. The summed E-state index contributed by atoms with van der Waals surface area (Å²) >= 11 is 0.953. The van der Waals surface area contributed by atoms with Crippen LogP contribution in [0.4, 0.5) is 17.1 Å². The maximum absolute atomic E-state index is 12.5. The van der Waals surface area contributed by atoms with Crippen molar-refractivity contribution >= 4 is 40.6 Å². The molecule has 1 aromatic carbocycles. The first-order valence-electron chi connectivity index (χ1n) is 8.44. The van der Waals surface area contributed by atoms with E-state index in [9.17, 15) is 24.8 Å². The summed E-state index contributed by atoms with van der Waals surface area (Å²) in [6.07, 6.45) is 1.39. The van der Waals surface area contributed by atoms with Crippen LogP contribution in [0.3, 0.4) is 0 Å². The van der Waals surface area contributed by atoms with E-state index in [0.717, 1.165) is 11.8 Å².